The molecule has 1 unspecified atom stereocenters. The van der Waals surface area contributed by atoms with Gasteiger partial charge in [-0.25, -0.2) is 9.97 Å². The fourth-order valence-electron chi connectivity index (χ4n) is 2.29. The highest BCUT2D eigenvalue weighted by Gasteiger charge is 2.17. The number of rotatable bonds is 5. The van der Waals surface area contributed by atoms with Gasteiger partial charge in [0, 0.05) is 23.3 Å². The molecule has 1 fully saturated rings. The van der Waals surface area contributed by atoms with E-state index < -0.39 is 0 Å². The van der Waals surface area contributed by atoms with Crippen molar-refractivity contribution in [2.24, 2.45) is 0 Å². The second-order valence-electron chi connectivity index (χ2n) is 5.26. The summed E-state index contributed by atoms with van der Waals surface area (Å²) in [5.74, 6) is 0.353. The quantitative estimate of drug-likeness (QED) is 0.838. The van der Waals surface area contributed by atoms with Crippen LogP contribution in [0.3, 0.4) is 0 Å². The Labute approximate surface area is 142 Å². The number of hydrogen-bond acceptors (Lipinski definition) is 5. The number of anilines is 2. The van der Waals surface area contributed by atoms with Gasteiger partial charge in [-0.3, -0.25) is 4.79 Å². The Kier molecular flexibility index (Phi) is 5.19. The van der Waals surface area contributed by atoms with Crippen LogP contribution in [0.25, 0.3) is 0 Å². The molecule has 1 amide bonds. The van der Waals surface area contributed by atoms with Gasteiger partial charge in [0.05, 0.1) is 18.5 Å². The average Bonchev–Trinajstić information content (AvgIpc) is 3.09. The predicted octanol–water partition coefficient (Wildman–Crippen LogP) is 2.89. The Balaban J connectivity index is 1.55. The lowest BCUT2D eigenvalue weighted by Crippen LogP contribution is -2.32. The summed E-state index contributed by atoms with van der Waals surface area (Å²) in [4.78, 5) is 20.4. The first-order valence-electron chi connectivity index (χ1n) is 7.45. The third kappa shape index (κ3) is 4.49. The van der Waals surface area contributed by atoms with Gasteiger partial charge in [-0.1, -0.05) is 15.9 Å². The summed E-state index contributed by atoms with van der Waals surface area (Å²) < 4.78 is 6.48. The van der Waals surface area contributed by atoms with E-state index in [9.17, 15) is 4.79 Å². The van der Waals surface area contributed by atoms with Crippen molar-refractivity contribution < 1.29 is 9.53 Å². The zero-order chi connectivity index (χ0) is 16.1. The van der Waals surface area contributed by atoms with E-state index in [1.54, 1.807) is 6.20 Å². The Hall–Kier alpha value is -1.99. The number of halogens is 1. The molecule has 1 saturated heterocycles. The third-order valence-corrected chi connectivity index (χ3v) is 4.04. The third-order valence-electron chi connectivity index (χ3n) is 3.52. The average molecular weight is 377 g/mol. The molecule has 3 rings (SSSR count). The minimum absolute atomic E-state index is 0.116. The van der Waals surface area contributed by atoms with E-state index in [0.29, 0.717) is 18.1 Å². The molecule has 7 heteroatoms. The Bertz CT molecular complexity index is 655. The van der Waals surface area contributed by atoms with Crippen molar-refractivity contribution in [1.82, 2.24) is 15.3 Å². The van der Waals surface area contributed by atoms with E-state index in [2.05, 4.69) is 36.5 Å². The number of nitrogens with one attached hydrogen (secondary N) is 2. The number of carbonyl (C=O) groups excluding carboxylic acids is 1. The molecule has 1 aliphatic heterocycles. The van der Waals surface area contributed by atoms with Gasteiger partial charge in [0.15, 0.2) is 0 Å². The molecule has 1 aromatic heterocycles. The number of aromatic nitrogens is 2. The topological polar surface area (TPSA) is 76.1 Å². The molecule has 1 aliphatic rings. The lowest BCUT2D eigenvalue weighted by molar-refractivity contribution is 0.0853. The molecule has 23 heavy (non-hydrogen) atoms. The standard InChI is InChI=1S/C16H17BrN4O2/c17-11-3-5-12(6-4-11)21-15-10-18-14(9-19-15)16(22)20-8-13-2-1-7-23-13/h3-6,9-10,13H,1-2,7-8H2,(H,19,21)(H,20,22). The minimum Gasteiger partial charge on any atom is -0.376 e. The maximum absolute atomic E-state index is 12.0. The number of hydrogen-bond donors (Lipinski definition) is 2. The fraction of sp³-hybridized carbons (Fsp3) is 0.312. The number of carbonyl (C=O) groups is 1. The van der Waals surface area contributed by atoms with E-state index in [1.165, 1.54) is 6.20 Å². The highest BCUT2D eigenvalue weighted by atomic mass is 79.9. The summed E-state index contributed by atoms with van der Waals surface area (Å²) in [5.41, 5.74) is 1.20. The summed E-state index contributed by atoms with van der Waals surface area (Å²) in [6.07, 6.45) is 5.17. The molecule has 6 nitrogen and oxygen atoms in total. The van der Waals surface area contributed by atoms with Crippen LogP contribution in [0.15, 0.2) is 41.1 Å². The Morgan fingerprint density at radius 3 is 2.74 bits per heavy atom. The monoisotopic (exact) mass is 376 g/mol. The van der Waals surface area contributed by atoms with Crippen LogP contribution in [0.2, 0.25) is 0 Å². The Morgan fingerprint density at radius 2 is 2.09 bits per heavy atom. The number of benzene rings is 1. The zero-order valence-corrected chi connectivity index (χ0v) is 14.0. The van der Waals surface area contributed by atoms with Crippen LogP contribution in [-0.4, -0.2) is 35.1 Å². The van der Waals surface area contributed by atoms with Gasteiger partial charge >= 0.3 is 0 Å². The summed E-state index contributed by atoms with van der Waals surface area (Å²) >= 11 is 3.39. The van der Waals surface area contributed by atoms with Crippen molar-refractivity contribution in [3.63, 3.8) is 0 Å². The first-order valence-corrected chi connectivity index (χ1v) is 8.24. The van der Waals surface area contributed by atoms with E-state index in [1.807, 2.05) is 24.3 Å². The molecule has 2 aromatic rings. The number of amides is 1. The SMILES string of the molecule is O=C(NCC1CCCO1)c1cnc(Nc2ccc(Br)cc2)cn1. The molecule has 1 atom stereocenters. The highest BCUT2D eigenvalue weighted by molar-refractivity contribution is 9.10. The zero-order valence-electron chi connectivity index (χ0n) is 12.5. The lowest BCUT2D eigenvalue weighted by atomic mass is 10.2. The van der Waals surface area contributed by atoms with Crippen LogP contribution in [-0.2, 0) is 4.74 Å². The summed E-state index contributed by atoms with van der Waals surface area (Å²) in [7, 11) is 0. The van der Waals surface area contributed by atoms with Gasteiger partial charge in [0.25, 0.3) is 5.91 Å². The molecule has 0 aliphatic carbocycles. The van der Waals surface area contributed by atoms with Crippen LogP contribution in [0.5, 0.6) is 0 Å². The Morgan fingerprint density at radius 1 is 1.26 bits per heavy atom. The summed E-state index contributed by atoms with van der Waals surface area (Å²) in [5, 5.41) is 5.95. The molecule has 0 radical (unpaired) electrons. The lowest BCUT2D eigenvalue weighted by Gasteiger charge is -2.10. The first kappa shape index (κ1) is 15.9. The van der Waals surface area contributed by atoms with Crippen LogP contribution >= 0.6 is 15.9 Å². The van der Waals surface area contributed by atoms with Crippen LogP contribution in [0.1, 0.15) is 23.3 Å². The molecular formula is C16H17BrN4O2. The summed E-state index contributed by atoms with van der Waals surface area (Å²) in [6.45, 7) is 1.29. The fourth-order valence-corrected chi connectivity index (χ4v) is 2.56. The van der Waals surface area contributed by atoms with Crippen molar-refractivity contribution in [3.8, 4) is 0 Å². The minimum atomic E-state index is -0.233. The van der Waals surface area contributed by atoms with E-state index in [-0.39, 0.29) is 12.0 Å². The first-order chi connectivity index (χ1) is 11.2. The maximum atomic E-state index is 12.0. The molecule has 1 aromatic carbocycles. The second-order valence-corrected chi connectivity index (χ2v) is 6.18. The van der Waals surface area contributed by atoms with E-state index in [4.69, 9.17) is 4.74 Å². The summed E-state index contributed by atoms with van der Waals surface area (Å²) in [6, 6.07) is 7.72. The van der Waals surface area contributed by atoms with Gasteiger partial charge in [-0.15, -0.1) is 0 Å². The van der Waals surface area contributed by atoms with Crippen molar-refractivity contribution in [2.75, 3.05) is 18.5 Å². The number of nitrogens with zero attached hydrogens (tertiary/aromatic N) is 2. The van der Waals surface area contributed by atoms with Crippen molar-refractivity contribution in [3.05, 3.63) is 46.8 Å². The van der Waals surface area contributed by atoms with Crippen molar-refractivity contribution in [2.45, 2.75) is 18.9 Å². The number of ether oxygens (including phenoxy) is 1. The van der Waals surface area contributed by atoms with Gasteiger partial charge < -0.3 is 15.4 Å². The molecule has 0 saturated carbocycles. The van der Waals surface area contributed by atoms with E-state index in [0.717, 1.165) is 29.6 Å². The highest BCUT2D eigenvalue weighted by Crippen LogP contribution is 2.17. The van der Waals surface area contributed by atoms with Gasteiger partial charge in [0.1, 0.15) is 11.5 Å². The molecule has 2 heterocycles. The van der Waals surface area contributed by atoms with Gasteiger partial charge in [-0.2, -0.15) is 0 Å². The smallest absolute Gasteiger partial charge is 0.271 e. The van der Waals surface area contributed by atoms with Crippen LogP contribution < -0.4 is 10.6 Å². The molecular weight excluding hydrogens is 360 g/mol. The molecule has 120 valence electrons. The second kappa shape index (κ2) is 7.52. The predicted molar refractivity (Wildman–Crippen MR) is 90.8 cm³/mol. The van der Waals surface area contributed by atoms with Crippen molar-refractivity contribution in [1.29, 1.82) is 0 Å². The molecule has 2 N–H and O–H groups in total. The normalized spacial score (nSPS) is 17.0. The van der Waals surface area contributed by atoms with Crippen LogP contribution in [0, 0.1) is 0 Å². The van der Waals surface area contributed by atoms with Gasteiger partial charge in [-0.05, 0) is 37.1 Å². The van der Waals surface area contributed by atoms with E-state index >= 15 is 0 Å². The largest absolute Gasteiger partial charge is 0.376 e. The van der Waals surface area contributed by atoms with Crippen molar-refractivity contribution >= 4 is 33.3 Å². The van der Waals surface area contributed by atoms with Gasteiger partial charge in [0.2, 0.25) is 0 Å². The van der Waals surface area contributed by atoms with Crippen LogP contribution in [0.4, 0.5) is 11.5 Å². The molecule has 0 spiro atoms. The molecule has 0 bridgehead atoms. The maximum Gasteiger partial charge on any atom is 0.271 e.